The van der Waals surface area contributed by atoms with Gasteiger partial charge in [-0.2, -0.15) is 5.10 Å². The van der Waals surface area contributed by atoms with Gasteiger partial charge < -0.3 is 14.2 Å². The highest BCUT2D eigenvalue weighted by atomic mass is 16.6. The summed E-state index contributed by atoms with van der Waals surface area (Å²) in [7, 11) is 0. The number of hydrazone groups is 1. The van der Waals surface area contributed by atoms with Crippen molar-refractivity contribution in [2.45, 2.75) is 63.6 Å². The van der Waals surface area contributed by atoms with Gasteiger partial charge in [0.1, 0.15) is 19.0 Å². The quantitative estimate of drug-likeness (QED) is 0.642. The van der Waals surface area contributed by atoms with Crippen molar-refractivity contribution in [1.82, 2.24) is 5.01 Å². The fourth-order valence-corrected chi connectivity index (χ4v) is 5.78. The van der Waals surface area contributed by atoms with Gasteiger partial charge in [0.2, 0.25) is 0 Å². The van der Waals surface area contributed by atoms with Gasteiger partial charge >= 0.3 is 0 Å². The van der Waals surface area contributed by atoms with E-state index in [-0.39, 0.29) is 11.8 Å². The van der Waals surface area contributed by atoms with E-state index in [1.807, 2.05) is 6.07 Å². The Morgan fingerprint density at radius 2 is 1.81 bits per heavy atom. The van der Waals surface area contributed by atoms with Crippen molar-refractivity contribution in [3.05, 3.63) is 53.6 Å². The molecule has 4 aliphatic rings. The largest absolute Gasteiger partial charge is 0.486 e. The van der Waals surface area contributed by atoms with Crippen molar-refractivity contribution in [3.63, 3.8) is 0 Å². The van der Waals surface area contributed by atoms with E-state index in [1.165, 1.54) is 31.2 Å². The Morgan fingerprint density at radius 1 is 1.00 bits per heavy atom. The summed E-state index contributed by atoms with van der Waals surface area (Å²) in [4.78, 5) is 0. The summed E-state index contributed by atoms with van der Waals surface area (Å²) in [5.41, 5.74) is 3.15. The van der Waals surface area contributed by atoms with Gasteiger partial charge in [-0.1, -0.05) is 38.0 Å². The van der Waals surface area contributed by atoms with Crippen molar-refractivity contribution in [2.75, 3.05) is 13.2 Å². The molecule has 0 bridgehead atoms. The molecule has 5 heteroatoms. The van der Waals surface area contributed by atoms with Crippen LogP contribution in [0.15, 0.2) is 47.6 Å². The minimum Gasteiger partial charge on any atom is -0.486 e. The van der Waals surface area contributed by atoms with Gasteiger partial charge in [0.05, 0.1) is 11.8 Å². The second kappa shape index (κ2) is 7.47. The number of para-hydroxylation sites is 1. The maximum atomic E-state index is 6.75. The van der Waals surface area contributed by atoms with Crippen molar-refractivity contribution < 1.29 is 14.2 Å². The molecule has 1 spiro atoms. The second-order valence-corrected chi connectivity index (χ2v) is 9.29. The molecular weight excluding hydrogens is 388 g/mol. The van der Waals surface area contributed by atoms with Crippen molar-refractivity contribution in [2.24, 2.45) is 11.0 Å². The molecule has 2 aromatic rings. The smallest absolute Gasteiger partial charge is 0.198 e. The lowest BCUT2D eigenvalue weighted by atomic mass is 9.79. The lowest BCUT2D eigenvalue weighted by Crippen LogP contribution is -2.55. The summed E-state index contributed by atoms with van der Waals surface area (Å²) >= 11 is 0. The number of nitrogens with zero attached hydrogens (tertiary/aromatic N) is 2. The normalized spacial score (nSPS) is 28.5. The van der Waals surface area contributed by atoms with E-state index in [0.29, 0.717) is 13.2 Å². The molecular formula is C26H30N2O3. The van der Waals surface area contributed by atoms with Gasteiger partial charge in [0, 0.05) is 30.4 Å². The van der Waals surface area contributed by atoms with Gasteiger partial charge in [0.25, 0.3) is 0 Å². The molecule has 0 N–H and O–H groups in total. The summed E-state index contributed by atoms with van der Waals surface area (Å²) in [5, 5.41) is 7.51. The average Bonchev–Trinajstić information content (AvgIpc) is 3.28. The first-order chi connectivity index (χ1) is 15.3. The highest BCUT2D eigenvalue weighted by molar-refractivity contribution is 6.02. The molecule has 0 saturated heterocycles. The minimum atomic E-state index is -0.321. The van der Waals surface area contributed by atoms with E-state index in [0.717, 1.165) is 53.7 Å². The van der Waals surface area contributed by atoms with Gasteiger partial charge in [-0.3, -0.25) is 0 Å². The molecule has 5 nitrogen and oxygen atoms in total. The highest BCUT2D eigenvalue weighted by Gasteiger charge is 2.51. The number of rotatable bonds is 3. The molecule has 31 heavy (non-hydrogen) atoms. The first-order valence-corrected chi connectivity index (χ1v) is 11.8. The Kier molecular flexibility index (Phi) is 4.58. The standard InChI is InChI=1S/C26H30N2O3/c1-2-5-18-10-12-26(13-11-18)28-22(20-6-3-4-7-23(20)31-26)17-21(27-28)19-8-9-24-25(16-19)30-15-14-29-24/h3-4,6-9,16,18,22H,2,5,10-15,17H2,1H3. The van der Waals surface area contributed by atoms with Crippen molar-refractivity contribution >= 4 is 5.71 Å². The zero-order valence-corrected chi connectivity index (χ0v) is 18.2. The fraction of sp³-hybridized carbons (Fsp3) is 0.500. The summed E-state index contributed by atoms with van der Waals surface area (Å²) in [6.45, 7) is 3.50. The molecule has 0 radical (unpaired) electrons. The third kappa shape index (κ3) is 3.17. The lowest BCUT2D eigenvalue weighted by molar-refractivity contribution is -0.146. The van der Waals surface area contributed by atoms with Crippen LogP contribution in [0.4, 0.5) is 0 Å². The molecule has 0 aromatic heterocycles. The zero-order valence-electron chi connectivity index (χ0n) is 18.2. The molecule has 3 aliphatic heterocycles. The monoisotopic (exact) mass is 418 g/mol. The Hall–Kier alpha value is -2.69. The predicted molar refractivity (Wildman–Crippen MR) is 120 cm³/mol. The third-order valence-electron chi connectivity index (χ3n) is 7.36. The maximum absolute atomic E-state index is 6.75. The van der Waals surface area contributed by atoms with Crippen LogP contribution in [0.5, 0.6) is 17.2 Å². The Bertz CT molecular complexity index is 1010. The summed E-state index contributed by atoms with van der Waals surface area (Å²) in [6.07, 6.45) is 7.99. The summed E-state index contributed by atoms with van der Waals surface area (Å²) in [5.74, 6) is 3.50. The number of hydrogen-bond donors (Lipinski definition) is 0. The molecule has 1 saturated carbocycles. The first-order valence-electron chi connectivity index (χ1n) is 11.8. The molecule has 0 amide bonds. The molecule has 2 aromatic carbocycles. The second-order valence-electron chi connectivity index (χ2n) is 9.29. The number of hydrogen-bond acceptors (Lipinski definition) is 5. The zero-order chi connectivity index (χ0) is 20.8. The number of ether oxygens (including phenoxy) is 3. The van der Waals surface area contributed by atoms with Crippen LogP contribution in [0, 0.1) is 5.92 Å². The van der Waals surface area contributed by atoms with Crippen LogP contribution < -0.4 is 14.2 Å². The van der Waals surface area contributed by atoms with E-state index in [9.17, 15) is 0 Å². The molecule has 1 fully saturated rings. The molecule has 1 aliphatic carbocycles. The SMILES string of the molecule is CCCC1CCC2(CC1)Oc1ccccc1C1CC(c3ccc4c(c3)OCCO4)=NN12. The van der Waals surface area contributed by atoms with Gasteiger partial charge in [-0.25, -0.2) is 5.01 Å². The van der Waals surface area contributed by atoms with Gasteiger partial charge in [-0.05, 0) is 43.0 Å². The topological polar surface area (TPSA) is 43.3 Å². The van der Waals surface area contributed by atoms with Crippen LogP contribution in [-0.2, 0) is 0 Å². The summed E-state index contributed by atoms with van der Waals surface area (Å²) < 4.78 is 18.3. The van der Waals surface area contributed by atoms with E-state index >= 15 is 0 Å². The Labute approximate surface area is 184 Å². The predicted octanol–water partition coefficient (Wildman–Crippen LogP) is 5.69. The molecule has 3 heterocycles. The summed E-state index contributed by atoms with van der Waals surface area (Å²) in [6, 6.07) is 15.0. The third-order valence-corrected chi connectivity index (χ3v) is 7.36. The molecule has 1 atom stereocenters. The van der Waals surface area contributed by atoms with Crippen LogP contribution >= 0.6 is 0 Å². The highest BCUT2D eigenvalue weighted by Crippen LogP contribution is 2.52. The maximum Gasteiger partial charge on any atom is 0.198 e. The Balaban J connectivity index is 1.36. The van der Waals surface area contributed by atoms with Gasteiger partial charge in [0.15, 0.2) is 17.2 Å². The Morgan fingerprint density at radius 3 is 2.65 bits per heavy atom. The number of benzene rings is 2. The number of fused-ring (bicyclic) bond motifs is 5. The fourth-order valence-electron chi connectivity index (χ4n) is 5.78. The average molecular weight is 419 g/mol. The van der Waals surface area contributed by atoms with Crippen LogP contribution in [0.2, 0.25) is 0 Å². The van der Waals surface area contributed by atoms with E-state index in [1.54, 1.807) is 0 Å². The van der Waals surface area contributed by atoms with Crippen molar-refractivity contribution in [1.29, 1.82) is 0 Å². The minimum absolute atomic E-state index is 0.232. The molecule has 162 valence electrons. The lowest BCUT2D eigenvalue weighted by Gasteiger charge is -2.50. The molecule has 1 unspecified atom stereocenters. The van der Waals surface area contributed by atoms with Crippen LogP contribution in [0.3, 0.4) is 0 Å². The van der Waals surface area contributed by atoms with E-state index < -0.39 is 0 Å². The van der Waals surface area contributed by atoms with Crippen LogP contribution in [-0.4, -0.2) is 29.7 Å². The van der Waals surface area contributed by atoms with E-state index in [2.05, 4.69) is 48.3 Å². The molecule has 6 rings (SSSR count). The van der Waals surface area contributed by atoms with E-state index in [4.69, 9.17) is 19.3 Å². The van der Waals surface area contributed by atoms with Crippen LogP contribution in [0.1, 0.15) is 69.0 Å². The van der Waals surface area contributed by atoms with Crippen LogP contribution in [0.25, 0.3) is 0 Å². The first kappa shape index (κ1) is 19.0. The van der Waals surface area contributed by atoms with Gasteiger partial charge in [-0.15, -0.1) is 0 Å². The van der Waals surface area contributed by atoms with Crippen molar-refractivity contribution in [3.8, 4) is 17.2 Å².